The standard InChI is InChI=1S/C13H16O7/c1-17-10-5-4-8(12(18-2)13(10)19-3)9(14)6-20-7-11(15)16/h4-5H,6-7H2,1-3H3,(H,15,16). The van der Waals surface area contributed by atoms with E-state index >= 15 is 0 Å². The van der Waals surface area contributed by atoms with Gasteiger partial charge in [-0.25, -0.2) is 4.79 Å². The van der Waals surface area contributed by atoms with Gasteiger partial charge in [-0.3, -0.25) is 4.79 Å². The summed E-state index contributed by atoms with van der Waals surface area (Å²) in [5.41, 5.74) is 0.232. The van der Waals surface area contributed by atoms with Crippen LogP contribution < -0.4 is 14.2 Å². The van der Waals surface area contributed by atoms with Gasteiger partial charge in [-0.1, -0.05) is 0 Å². The van der Waals surface area contributed by atoms with Crippen molar-refractivity contribution in [3.8, 4) is 17.2 Å². The van der Waals surface area contributed by atoms with E-state index in [1.165, 1.54) is 27.4 Å². The fourth-order valence-electron chi connectivity index (χ4n) is 1.63. The Morgan fingerprint density at radius 3 is 2.15 bits per heavy atom. The van der Waals surface area contributed by atoms with Gasteiger partial charge in [0.2, 0.25) is 5.75 Å². The molecule has 0 fully saturated rings. The zero-order chi connectivity index (χ0) is 15.1. The average molecular weight is 284 g/mol. The fraction of sp³-hybridized carbons (Fsp3) is 0.385. The number of carboxylic acids is 1. The van der Waals surface area contributed by atoms with Crippen molar-refractivity contribution in [2.45, 2.75) is 0 Å². The van der Waals surface area contributed by atoms with E-state index in [-0.39, 0.29) is 17.9 Å². The smallest absolute Gasteiger partial charge is 0.329 e. The van der Waals surface area contributed by atoms with Gasteiger partial charge in [0.25, 0.3) is 0 Å². The molecule has 1 rings (SSSR count). The lowest BCUT2D eigenvalue weighted by molar-refractivity contribution is -0.141. The van der Waals surface area contributed by atoms with Gasteiger partial charge < -0.3 is 24.1 Å². The molecule has 0 saturated heterocycles. The molecule has 0 bridgehead atoms. The Morgan fingerprint density at radius 1 is 1.00 bits per heavy atom. The number of rotatable bonds is 8. The first-order valence-electron chi connectivity index (χ1n) is 5.66. The van der Waals surface area contributed by atoms with E-state index in [2.05, 4.69) is 0 Å². The van der Waals surface area contributed by atoms with Crippen LogP contribution in [0.4, 0.5) is 0 Å². The molecule has 0 unspecified atom stereocenters. The Morgan fingerprint density at radius 2 is 1.65 bits per heavy atom. The van der Waals surface area contributed by atoms with Gasteiger partial charge in [-0.05, 0) is 12.1 Å². The number of Topliss-reactive ketones (excluding diaryl/α,β-unsaturated/α-hetero) is 1. The Hall–Kier alpha value is -2.28. The Kier molecular flexibility index (Phi) is 5.79. The van der Waals surface area contributed by atoms with Crippen LogP contribution >= 0.6 is 0 Å². The SMILES string of the molecule is COc1ccc(C(=O)COCC(=O)O)c(OC)c1OC. The number of ether oxygens (including phenoxy) is 4. The maximum Gasteiger partial charge on any atom is 0.329 e. The van der Waals surface area contributed by atoms with Gasteiger partial charge in [-0.15, -0.1) is 0 Å². The van der Waals surface area contributed by atoms with Gasteiger partial charge in [0.1, 0.15) is 13.2 Å². The van der Waals surface area contributed by atoms with Crippen LogP contribution in [0.15, 0.2) is 12.1 Å². The topological polar surface area (TPSA) is 91.3 Å². The highest BCUT2D eigenvalue weighted by molar-refractivity contribution is 6.00. The zero-order valence-electron chi connectivity index (χ0n) is 11.5. The summed E-state index contributed by atoms with van der Waals surface area (Å²) in [6, 6.07) is 3.07. The van der Waals surface area contributed by atoms with Gasteiger partial charge in [-0.2, -0.15) is 0 Å². The van der Waals surface area contributed by atoms with Crippen LogP contribution in [0.3, 0.4) is 0 Å². The van der Waals surface area contributed by atoms with Crippen LogP contribution in [0, 0.1) is 0 Å². The summed E-state index contributed by atoms with van der Waals surface area (Å²) >= 11 is 0. The summed E-state index contributed by atoms with van der Waals surface area (Å²) in [6.07, 6.45) is 0. The molecule has 1 aromatic rings. The van der Waals surface area contributed by atoms with Crippen molar-refractivity contribution >= 4 is 11.8 Å². The molecule has 7 nitrogen and oxygen atoms in total. The lowest BCUT2D eigenvalue weighted by Crippen LogP contribution is -2.15. The molecule has 0 aliphatic carbocycles. The summed E-state index contributed by atoms with van der Waals surface area (Å²) in [5, 5.41) is 8.45. The maximum absolute atomic E-state index is 12.0. The first kappa shape index (κ1) is 15.8. The number of aliphatic carboxylic acids is 1. The molecular weight excluding hydrogens is 268 g/mol. The van der Waals surface area contributed by atoms with Crippen LogP contribution in [0.25, 0.3) is 0 Å². The third-order valence-electron chi connectivity index (χ3n) is 2.46. The van der Waals surface area contributed by atoms with E-state index in [1.807, 2.05) is 0 Å². The number of methoxy groups -OCH3 is 3. The normalized spacial score (nSPS) is 9.95. The van der Waals surface area contributed by atoms with Crippen LogP contribution in [0.2, 0.25) is 0 Å². The first-order chi connectivity index (χ1) is 9.54. The summed E-state index contributed by atoms with van der Waals surface area (Å²) in [7, 11) is 4.29. The number of benzene rings is 1. The van der Waals surface area contributed by atoms with Crippen molar-refractivity contribution in [3.05, 3.63) is 17.7 Å². The van der Waals surface area contributed by atoms with E-state index < -0.39 is 18.4 Å². The molecule has 110 valence electrons. The van der Waals surface area contributed by atoms with Crippen LogP contribution in [-0.2, 0) is 9.53 Å². The summed E-state index contributed by atoms with van der Waals surface area (Å²) in [5.74, 6) is -0.622. The number of ketones is 1. The van der Waals surface area contributed by atoms with Crippen LogP contribution in [0.5, 0.6) is 17.2 Å². The van der Waals surface area contributed by atoms with Crippen molar-refractivity contribution in [3.63, 3.8) is 0 Å². The third kappa shape index (κ3) is 3.61. The molecule has 0 heterocycles. The van der Waals surface area contributed by atoms with Crippen molar-refractivity contribution in [1.82, 2.24) is 0 Å². The molecule has 0 atom stereocenters. The molecule has 0 saturated carbocycles. The largest absolute Gasteiger partial charge is 0.493 e. The molecule has 0 spiro atoms. The highest BCUT2D eigenvalue weighted by atomic mass is 16.5. The quantitative estimate of drug-likeness (QED) is 0.712. The Labute approximate surface area is 116 Å². The fourth-order valence-corrected chi connectivity index (χ4v) is 1.63. The molecular formula is C13H16O7. The number of carboxylic acid groups (broad SMARTS) is 1. The second kappa shape index (κ2) is 7.34. The number of carbonyl (C=O) groups is 2. The number of hydrogen-bond donors (Lipinski definition) is 1. The van der Waals surface area contributed by atoms with Crippen LogP contribution in [-0.4, -0.2) is 51.4 Å². The second-order valence-corrected chi connectivity index (χ2v) is 3.69. The van der Waals surface area contributed by atoms with E-state index in [0.717, 1.165) is 0 Å². The Bertz CT molecular complexity index is 496. The summed E-state index contributed by atoms with van der Waals surface area (Å²) in [4.78, 5) is 22.3. The molecule has 0 aromatic heterocycles. The minimum absolute atomic E-state index is 0.218. The predicted octanol–water partition coefficient (Wildman–Crippen LogP) is 0.996. The molecule has 0 radical (unpaired) electrons. The molecule has 0 amide bonds. The minimum atomic E-state index is -1.14. The van der Waals surface area contributed by atoms with Crippen molar-refractivity contribution < 1.29 is 33.6 Å². The molecule has 0 aliphatic rings. The molecule has 0 aliphatic heterocycles. The number of carbonyl (C=O) groups excluding carboxylic acids is 1. The third-order valence-corrected chi connectivity index (χ3v) is 2.46. The highest BCUT2D eigenvalue weighted by Crippen LogP contribution is 2.39. The molecule has 1 N–H and O–H groups in total. The predicted molar refractivity (Wildman–Crippen MR) is 68.9 cm³/mol. The monoisotopic (exact) mass is 284 g/mol. The average Bonchev–Trinajstić information content (AvgIpc) is 2.44. The van der Waals surface area contributed by atoms with Gasteiger partial charge in [0.05, 0.1) is 26.9 Å². The second-order valence-electron chi connectivity index (χ2n) is 3.69. The maximum atomic E-state index is 12.0. The zero-order valence-corrected chi connectivity index (χ0v) is 11.5. The first-order valence-corrected chi connectivity index (χ1v) is 5.66. The van der Waals surface area contributed by atoms with Crippen molar-refractivity contribution in [2.24, 2.45) is 0 Å². The number of hydrogen-bond acceptors (Lipinski definition) is 6. The molecule has 20 heavy (non-hydrogen) atoms. The summed E-state index contributed by atoms with van der Waals surface area (Å²) < 4.78 is 20.2. The molecule has 1 aromatic carbocycles. The molecule has 7 heteroatoms. The van der Waals surface area contributed by atoms with Gasteiger partial charge in [0.15, 0.2) is 17.3 Å². The van der Waals surface area contributed by atoms with Gasteiger partial charge >= 0.3 is 5.97 Å². The van der Waals surface area contributed by atoms with Gasteiger partial charge in [0, 0.05) is 0 Å². The van der Waals surface area contributed by atoms with E-state index in [0.29, 0.717) is 11.5 Å². The summed E-state index contributed by atoms with van der Waals surface area (Å²) in [6.45, 7) is -0.903. The van der Waals surface area contributed by atoms with E-state index in [9.17, 15) is 9.59 Å². The lowest BCUT2D eigenvalue weighted by atomic mass is 10.1. The van der Waals surface area contributed by atoms with Crippen LogP contribution in [0.1, 0.15) is 10.4 Å². The minimum Gasteiger partial charge on any atom is -0.493 e. The van der Waals surface area contributed by atoms with Crippen molar-refractivity contribution in [1.29, 1.82) is 0 Å². The van der Waals surface area contributed by atoms with E-state index in [1.54, 1.807) is 6.07 Å². The lowest BCUT2D eigenvalue weighted by Gasteiger charge is -2.15. The van der Waals surface area contributed by atoms with Crippen molar-refractivity contribution in [2.75, 3.05) is 34.5 Å². The Balaban J connectivity index is 2.99. The highest BCUT2D eigenvalue weighted by Gasteiger charge is 2.20. The van der Waals surface area contributed by atoms with E-state index in [4.69, 9.17) is 24.1 Å².